The van der Waals surface area contributed by atoms with E-state index < -0.39 is 5.97 Å². The number of nitrogens with zero attached hydrogens (tertiary/aromatic N) is 2. The zero-order chi connectivity index (χ0) is 14.7. The van der Waals surface area contributed by atoms with E-state index in [1.807, 2.05) is 30.3 Å². The number of carboxylic acid groups (broad SMARTS) is 1. The van der Waals surface area contributed by atoms with Crippen molar-refractivity contribution in [1.29, 1.82) is 0 Å². The predicted molar refractivity (Wildman–Crippen MR) is 80.3 cm³/mol. The van der Waals surface area contributed by atoms with Crippen molar-refractivity contribution in [2.24, 2.45) is 0 Å². The lowest BCUT2D eigenvalue weighted by Crippen LogP contribution is -2.08. The molecule has 1 heterocycles. The SMILES string of the molecule is O=C(O)c1ccccc1CNc1ncc2ccccc2n1. The van der Waals surface area contributed by atoms with Crippen LogP contribution in [0.2, 0.25) is 0 Å². The second-order valence-corrected chi connectivity index (χ2v) is 4.57. The van der Waals surface area contributed by atoms with E-state index in [4.69, 9.17) is 5.11 Å². The molecule has 0 aliphatic carbocycles. The highest BCUT2D eigenvalue weighted by molar-refractivity contribution is 5.89. The van der Waals surface area contributed by atoms with Gasteiger partial charge in [-0.25, -0.2) is 14.8 Å². The Kier molecular flexibility index (Phi) is 3.47. The van der Waals surface area contributed by atoms with Crippen molar-refractivity contribution < 1.29 is 9.90 Å². The van der Waals surface area contributed by atoms with Crippen molar-refractivity contribution in [2.45, 2.75) is 6.54 Å². The van der Waals surface area contributed by atoms with Gasteiger partial charge in [0, 0.05) is 18.1 Å². The predicted octanol–water partition coefficient (Wildman–Crippen LogP) is 2.94. The van der Waals surface area contributed by atoms with Crippen LogP contribution >= 0.6 is 0 Å². The number of aromatic carboxylic acids is 1. The Bertz CT molecular complexity index is 802. The summed E-state index contributed by atoms with van der Waals surface area (Å²) in [5, 5.41) is 13.2. The molecule has 5 heteroatoms. The molecule has 1 aromatic heterocycles. The standard InChI is InChI=1S/C16H13N3O2/c20-15(21)13-7-3-1-5-11(13)9-17-16-18-10-12-6-2-4-8-14(12)19-16/h1-8,10H,9H2,(H,20,21)(H,17,18,19). The van der Waals surface area contributed by atoms with E-state index in [1.165, 1.54) is 0 Å². The lowest BCUT2D eigenvalue weighted by Gasteiger charge is -2.08. The highest BCUT2D eigenvalue weighted by Crippen LogP contribution is 2.14. The molecule has 0 radical (unpaired) electrons. The molecule has 104 valence electrons. The first kappa shape index (κ1) is 13.1. The van der Waals surface area contributed by atoms with Gasteiger partial charge in [0.2, 0.25) is 5.95 Å². The molecule has 2 aromatic carbocycles. The fraction of sp³-hybridized carbons (Fsp3) is 0.0625. The van der Waals surface area contributed by atoms with Gasteiger partial charge in [0.1, 0.15) is 0 Å². The molecule has 21 heavy (non-hydrogen) atoms. The number of para-hydroxylation sites is 1. The number of aromatic nitrogens is 2. The minimum Gasteiger partial charge on any atom is -0.478 e. The minimum atomic E-state index is -0.938. The summed E-state index contributed by atoms with van der Waals surface area (Å²) in [5.41, 5.74) is 1.83. The summed E-state index contributed by atoms with van der Waals surface area (Å²) in [4.78, 5) is 19.8. The molecule has 0 saturated carbocycles. The van der Waals surface area contributed by atoms with Crippen molar-refractivity contribution in [3.8, 4) is 0 Å². The first-order valence-electron chi connectivity index (χ1n) is 6.51. The zero-order valence-corrected chi connectivity index (χ0v) is 11.2. The van der Waals surface area contributed by atoms with Gasteiger partial charge in [0.25, 0.3) is 0 Å². The smallest absolute Gasteiger partial charge is 0.336 e. The van der Waals surface area contributed by atoms with Crippen LogP contribution in [0.3, 0.4) is 0 Å². The Morgan fingerprint density at radius 3 is 2.71 bits per heavy atom. The molecule has 2 N–H and O–H groups in total. The monoisotopic (exact) mass is 279 g/mol. The molecule has 0 aliphatic heterocycles. The Balaban J connectivity index is 1.82. The lowest BCUT2D eigenvalue weighted by atomic mass is 10.1. The number of anilines is 1. The zero-order valence-electron chi connectivity index (χ0n) is 11.2. The molecule has 0 atom stereocenters. The van der Waals surface area contributed by atoms with Gasteiger partial charge >= 0.3 is 5.97 Å². The Labute approximate surface area is 121 Å². The largest absolute Gasteiger partial charge is 0.478 e. The fourth-order valence-corrected chi connectivity index (χ4v) is 2.11. The van der Waals surface area contributed by atoms with Gasteiger partial charge < -0.3 is 10.4 Å². The Morgan fingerprint density at radius 2 is 1.86 bits per heavy atom. The highest BCUT2D eigenvalue weighted by Gasteiger charge is 2.09. The maximum Gasteiger partial charge on any atom is 0.336 e. The van der Waals surface area contributed by atoms with Gasteiger partial charge in [-0.2, -0.15) is 0 Å². The van der Waals surface area contributed by atoms with E-state index in [2.05, 4.69) is 15.3 Å². The minimum absolute atomic E-state index is 0.283. The van der Waals surface area contributed by atoms with Crippen LogP contribution in [0.25, 0.3) is 10.9 Å². The van der Waals surface area contributed by atoms with Crippen molar-refractivity contribution >= 4 is 22.8 Å². The first-order valence-corrected chi connectivity index (χ1v) is 6.51. The molecule has 0 bridgehead atoms. The van der Waals surface area contributed by atoms with E-state index in [0.29, 0.717) is 18.1 Å². The molecule has 0 amide bonds. The number of nitrogens with one attached hydrogen (secondary N) is 1. The summed E-state index contributed by atoms with van der Waals surface area (Å²) in [6.45, 7) is 0.362. The fourth-order valence-electron chi connectivity index (χ4n) is 2.11. The van der Waals surface area contributed by atoms with Crippen LogP contribution in [0.1, 0.15) is 15.9 Å². The second-order valence-electron chi connectivity index (χ2n) is 4.57. The number of hydrogen-bond donors (Lipinski definition) is 2. The van der Waals surface area contributed by atoms with Crippen LogP contribution in [-0.4, -0.2) is 21.0 Å². The molecule has 5 nitrogen and oxygen atoms in total. The number of rotatable bonds is 4. The van der Waals surface area contributed by atoms with Gasteiger partial charge in [-0.3, -0.25) is 0 Å². The van der Waals surface area contributed by atoms with Gasteiger partial charge in [-0.05, 0) is 17.7 Å². The summed E-state index contributed by atoms with van der Waals surface area (Å²) in [6, 6.07) is 14.6. The van der Waals surface area contributed by atoms with E-state index >= 15 is 0 Å². The summed E-state index contributed by atoms with van der Waals surface area (Å²) >= 11 is 0. The maximum atomic E-state index is 11.1. The normalized spacial score (nSPS) is 10.5. The number of fused-ring (bicyclic) bond motifs is 1. The third kappa shape index (κ3) is 2.81. The van der Waals surface area contributed by atoms with E-state index in [1.54, 1.807) is 24.4 Å². The second kappa shape index (κ2) is 5.58. The number of carbonyl (C=O) groups is 1. The van der Waals surface area contributed by atoms with Crippen LogP contribution < -0.4 is 5.32 Å². The van der Waals surface area contributed by atoms with E-state index in [-0.39, 0.29) is 5.56 Å². The summed E-state index contributed by atoms with van der Waals surface area (Å²) < 4.78 is 0. The van der Waals surface area contributed by atoms with E-state index in [9.17, 15) is 4.79 Å². The number of benzene rings is 2. The molecule has 3 rings (SSSR count). The van der Waals surface area contributed by atoms with Crippen molar-refractivity contribution in [3.05, 3.63) is 65.9 Å². The van der Waals surface area contributed by atoms with Gasteiger partial charge in [0.15, 0.2) is 0 Å². The quantitative estimate of drug-likeness (QED) is 0.768. The third-order valence-electron chi connectivity index (χ3n) is 3.17. The highest BCUT2D eigenvalue weighted by atomic mass is 16.4. The summed E-state index contributed by atoms with van der Waals surface area (Å²) in [7, 11) is 0. The average Bonchev–Trinajstić information content (AvgIpc) is 2.53. The molecule has 0 spiro atoms. The van der Waals surface area contributed by atoms with Crippen LogP contribution in [0, 0.1) is 0 Å². The Hall–Kier alpha value is -2.95. The van der Waals surface area contributed by atoms with Crippen LogP contribution in [0.15, 0.2) is 54.7 Å². The lowest BCUT2D eigenvalue weighted by molar-refractivity contribution is 0.0696. The number of hydrogen-bond acceptors (Lipinski definition) is 4. The molecule has 0 unspecified atom stereocenters. The Morgan fingerprint density at radius 1 is 1.10 bits per heavy atom. The molecule has 0 fully saturated rings. The van der Waals surface area contributed by atoms with Crippen LogP contribution in [-0.2, 0) is 6.54 Å². The van der Waals surface area contributed by atoms with E-state index in [0.717, 1.165) is 10.9 Å². The third-order valence-corrected chi connectivity index (χ3v) is 3.17. The van der Waals surface area contributed by atoms with Gasteiger partial charge in [-0.15, -0.1) is 0 Å². The number of carboxylic acids is 1. The van der Waals surface area contributed by atoms with Crippen molar-refractivity contribution in [3.63, 3.8) is 0 Å². The topological polar surface area (TPSA) is 75.1 Å². The van der Waals surface area contributed by atoms with Crippen molar-refractivity contribution in [2.75, 3.05) is 5.32 Å². The summed E-state index contributed by atoms with van der Waals surface area (Å²) in [5.74, 6) is -0.458. The molecular formula is C16H13N3O2. The van der Waals surface area contributed by atoms with Gasteiger partial charge in [0.05, 0.1) is 11.1 Å². The molecular weight excluding hydrogens is 266 g/mol. The van der Waals surface area contributed by atoms with Crippen LogP contribution in [0.5, 0.6) is 0 Å². The average molecular weight is 279 g/mol. The molecule has 3 aromatic rings. The van der Waals surface area contributed by atoms with Gasteiger partial charge in [-0.1, -0.05) is 36.4 Å². The van der Waals surface area contributed by atoms with Crippen LogP contribution in [0.4, 0.5) is 5.95 Å². The summed E-state index contributed by atoms with van der Waals surface area (Å²) in [6.07, 6.45) is 1.74. The maximum absolute atomic E-state index is 11.1. The molecule has 0 saturated heterocycles. The first-order chi connectivity index (χ1) is 10.2. The van der Waals surface area contributed by atoms with Crippen molar-refractivity contribution in [1.82, 2.24) is 9.97 Å². The molecule has 0 aliphatic rings.